The third-order valence-corrected chi connectivity index (χ3v) is 4.99. The molecule has 1 saturated carbocycles. The Morgan fingerprint density at radius 2 is 1.96 bits per heavy atom. The van der Waals surface area contributed by atoms with Crippen LogP contribution in [0.5, 0.6) is 0 Å². The fourth-order valence-electron chi connectivity index (χ4n) is 2.89. The maximum atomic E-state index is 12.0. The van der Waals surface area contributed by atoms with E-state index >= 15 is 0 Å². The molecule has 1 heterocycles. The minimum absolute atomic E-state index is 0.0427. The molecule has 0 bridgehead atoms. The number of benzene rings is 1. The summed E-state index contributed by atoms with van der Waals surface area (Å²) in [5, 5.41) is 2.41. The number of para-hydroxylation sites is 1. The van der Waals surface area contributed by atoms with Crippen LogP contribution in [0.4, 0.5) is 10.8 Å². The number of rotatable bonds is 5. The van der Waals surface area contributed by atoms with E-state index in [-0.39, 0.29) is 24.4 Å². The van der Waals surface area contributed by atoms with Crippen molar-refractivity contribution in [3.8, 4) is 0 Å². The van der Waals surface area contributed by atoms with Gasteiger partial charge in [0.05, 0.1) is 17.3 Å². The van der Waals surface area contributed by atoms with Crippen molar-refractivity contribution < 1.29 is 14.3 Å². The van der Waals surface area contributed by atoms with Gasteiger partial charge in [-0.2, -0.15) is 0 Å². The van der Waals surface area contributed by atoms with Gasteiger partial charge in [0.1, 0.15) is 6.61 Å². The number of ether oxygens (including phenoxy) is 1. The molecule has 126 valence electrons. The Labute approximate surface area is 145 Å². The first-order chi connectivity index (χ1) is 11.6. The fraction of sp³-hybridized carbons (Fsp3) is 0.389. The molecule has 0 unspecified atom stereocenters. The van der Waals surface area contributed by atoms with E-state index in [1.807, 2.05) is 35.7 Å². The summed E-state index contributed by atoms with van der Waals surface area (Å²) < 4.78 is 5.37. The van der Waals surface area contributed by atoms with Crippen LogP contribution in [0.2, 0.25) is 0 Å². The lowest BCUT2D eigenvalue weighted by Crippen LogP contribution is -2.22. The van der Waals surface area contributed by atoms with Gasteiger partial charge >= 0.3 is 5.97 Å². The second-order valence-electron chi connectivity index (χ2n) is 5.90. The molecule has 24 heavy (non-hydrogen) atoms. The van der Waals surface area contributed by atoms with E-state index in [0.717, 1.165) is 31.4 Å². The van der Waals surface area contributed by atoms with Crippen molar-refractivity contribution in [3.63, 3.8) is 0 Å². The Morgan fingerprint density at radius 3 is 2.62 bits per heavy atom. The summed E-state index contributed by atoms with van der Waals surface area (Å²) in [5.74, 6) is -0.195. The van der Waals surface area contributed by atoms with E-state index in [1.54, 1.807) is 4.90 Å². The second kappa shape index (κ2) is 7.57. The van der Waals surface area contributed by atoms with Crippen LogP contribution in [0.25, 0.3) is 0 Å². The highest BCUT2D eigenvalue weighted by Crippen LogP contribution is 2.29. The zero-order valence-electron chi connectivity index (χ0n) is 13.6. The number of carbonyl (C=O) groups excluding carboxylic acids is 2. The first-order valence-corrected chi connectivity index (χ1v) is 9.00. The van der Waals surface area contributed by atoms with Crippen LogP contribution in [-0.2, 0) is 20.9 Å². The molecule has 1 aliphatic rings. The van der Waals surface area contributed by atoms with Crippen LogP contribution in [0.3, 0.4) is 0 Å². The van der Waals surface area contributed by atoms with Gasteiger partial charge in [-0.3, -0.25) is 14.5 Å². The molecule has 5 nitrogen and oxygen atoms in total. The Balaban J connectivity index is 1.67. The van der Waals surface area contributed by atoms with Gasteiger partial charge < -0.3 is 4.74 Å². The van der Waals surface area contributed by atoms with Crippen molar-refractivity contribution in [2.24, 2.45) is 5.92 Å². The molecule has 0 atom stereocenters. The van der Waals surface area contributed by atoms with Crippen LogP contribution in [-0.4, -0.2) is 16.9 Å². The Hall–Kier alpha value is -2.21. The first kappa shape index (κ1) is 16.6. The molecule has 1 amide bonds. The number of aromatic nitrogens is 1. The highest BCUT2D eigenvalue weighted by atomic mass is 32.1. The fourth-order valence-corrected chi connectivity index (χ4v) is 3.77. The van der Waals surface area contributed by atoms with E-state index < -0.39 is 0 Å². The molecular weight excluding hydrogens is 324 g/mol. The Morgan fingerprint density at radius 1 is 1.25 bits per heavy atom. The lowest BCUT2D eigenvalue weighted by atomic mass is 10.1. The minimum atomic E-state index is -0.131. The summed E-state index contributed by atoms with van der Waals surface area (Å²) in [4.78, 5) is 30.0. The molecule has 2 aromatic rings. The standard InChI is InChI=1S/C18H20N2O3S/c1-13(21)20(16-9-3-2-4-10-16)18-19-15(12-24-18)11-23-17(22)14-7-5-6-8-14/h2-4,9-10,12,14H,5-8,11H2,1H3. The van der Waals surface area contributed by atoms with Gasteiger partial charge in [-0.15, -0.1) is 11.3 Å². The average Bonchev–Trinajstić information content (AvgIpc) is 3.26. The van der Waals surface area contributed by atoms with Crippen molar-refractivity contribution in [1.82, 2.24) is 4.98 Å². The SMILES string of the molecule is CC(=O)N(c1ccccc1)c1nc(COC(=O)C2CCCC2)cs1. The summed E-state index contributed by atoms with van der Waals surface area (Å²) in [5.41, 5.74) is 1.44. The summed E-state index contributed by atoms with van der Waals surface area (Å²) in [7, 11) is 0. The van der Waals surface area contributed by atoms with E-state index in [9.17, 15) is 9.59 Å². The van der Waals surface area contributed by atoms with Crippen LogP contribution in [0.15, 0.2) is 35.7 Å². The first-order valence-electron chi connectivity index (χ1n) is 8.12. The number of nitrogens with zero attached hydrogens (tertiary/aromatic N) is 2. The smallest absolute Gasteiger partial charge is 0.309 e. The van der Waals surface area contributed by atoms with Crippen molar-refractivity contribution in [2.45, 2.75) is 39.2 Å². The third-order valence-electron chi connectivity index (χ3n) is 4.11. The van der Waals surface area contributed by atoms with Crippen molar-refractivity contribution in [2.75, 3.05) is 4.90 Å². The molecule has 3 rings (SSSR count). The Bertz CT molecular complexity index is 708. The largest absolute Gasteiger partial charge is 0.459 e. The maximum Gasteiger partial charge on any atom is 0.309 e. The highest BCUT2D eigenvalue weighted by molar-refractivity contribution is 7.14. The number of amides is 1. The summed E-state index contributed by atoms with van der Waals surface area (Å²) in [6.07, 6.45) is 4.05. The van der Waals surface area contributed by atoms with E-state index in [4.69, 9.17) is 4.74 Å². The normalized spacial score (nSPS) is 14.5. The van der Waals surface area contributed by atoms with Crippen LogP contribution in [0, 0.1) is 5.92 Å². The van der Waals surface area contributed by atoms with Gasteiger partial charge in [-0.25, -0.2) is 4.98 Å². The van der Waals surface area contributed by atoms with E-state index in [1.165, 1.54) is 18.3 Å². The monoisotopic (exact) mass is 344 g/mol. The highest BCUT2D eigenvalue weighted by Gasteiger charge is 2.24. The zero-order chi connectivity index (χ0) is 16.9. The average molecular weight is 344 g/mol. The lowest BCUT2D eigenvalue weighted by molar-refractivity contribution is -0.149. The van der Waals surface area contributed by atoms with Gasteiger partial charge in [-0.1, -0.05) is 31.0 Å². The van der Waals surface area contributed by atoms with E-state index in [2.05, 4.69) is 4.98 Å². The Kier molecular flexibility index (Phi) is 5.25. The number of thiazole rings is 1. The molecule has 0 spiro atoms. The molecule has 6 heteroatoms. The van der Waals surface area contributed by atoms with Gasteiger partial charge in [0.25, 0.3) is 0 Å². The topological polar surface area (TPSA) is 59.5 Å². The predicted molar refractivity (Wildman–Crippen MR) is 93.1 cm³/mol. The maximum absolute atomic E-state index is 12.0. The van der Waals surface area contributed by atoms with Crippen LogP contribution in [0.1, 0.15) is 38.3 Å². The minimum Gasteiger partial charge on any atom is -0.459 e. The molecule has 1 aliphatic carbocycles. The number of hydrogen-bond acceptors (Lipinski definition) is 5. The van der Waals surface area contributed by atoms with Crippen molar-refractivity contribution >= 4 is 34.0 Å². The van der Waals surface area contributed by atoms with Gasteiger partial charge in [0.15, 0.2) is 5.13 Å². The van der Waals surface area contributed by atoms with Gasteiger partial charge in [-0.05, 0) is 25.0 Å². The summed E-state index contributed by atoms with van der Waals surface area (Å²) in [6.45, 7) is 1.67. The van der Waals surface area contributed by atoms with Crippen LogP contribution >= 0.6 is 11.3 Å². The second-order valence-corrected chi connectivity index (χ2v) is 6.74. The number of esters is 1. The molecule has 1 fully saturated rings. The molecule has 1 aromatic heterocycles. The molecule has 0 radical (unpaired) electrons. The van der Waals surface area contributed by atoms with E-state index in [0.29, 0.717) is 10.8 Å². The molecule has 1 aromatic carbocycles. The zero-order valence-corrected chi connectivity index (χ0v) is 14.4. The van der Waals surface area contributed by atoms with Crippen molar-refractivity contribution in [1.29, 1.82) is 0 Å². The lowest BCUT2D eigenvalue weighted by Gasteiger charge is -2.17. The summed E-state index contributed by atoms with van der Waals surface area (Å²) >= 11 is 1.37. The van der Waals surface area contributed by atoms with Gasteiger partial charge in [0, 0.05) is 12.3 Å². The third kappa shape index (κ3) is 3.82. The van der Waals surface area contributed by atoms with Gasteiger partial charge in [0.2, 0.25) is 5.91 Å². The molecular formula is C18H20N2O3S. The number of hydrogen-bond donors (Lipinski definition) is 0. The molecule has 0 aliphatic heterocycles. The number of anilines is 2. The number of carbonyl (C=O) groups is 2. The van der Waals surface area contributed by atoms with Crippen molar-refractivity contribution in [3.05, 3.63) is 41.4 Å². The van der Waals surface area contributed by atoms with Crippen LogP contribution < -0.4 is 4.90 Å². The predicted octanol–water partition coefficient (Wildman–Crippen LogP) is 4.06. The molecule has 0 N–H and O–H groups in total. The molecule has 0 saturated heterocycles. The quantitative estimate of drug-likeness (QED) is 0.768. The summed E-state index contributed by atoms with van der Waals surface area (Å²) in [6, 6.07) is 9.38.